The van der Waals surface area contributed by atoms with Crippen molar-refractivity contribution in [2.24, 2.45) is 7.05 Å². The Labute approximate surface area is 162 Å². The highest BCUT2D eigenvalue weighted by Gasteiger charge is 2.42. The number of hydrogen-bond acceptors (Lipinski definition) is 5. The predicted octanol–water partition coefficient (Wildman–Crippen LogP) is 1.71. The maximum atomic E-state index is 12.8. The molecular formula is C20H23N5O3. The number of hydrogen-bond donors (Lipinski definition) is 2. The van der Waals surface area contributed by atoms with Crippen LogP contribution in [-0.4, -0.2) is 44.5 Å². The number of aromatic nitrogens is 2. The maximum Gasteiger partial charge on any atom is 0.262 e. The van der Waals surface area contributed by atoms with Gasteiger partial charge in [0.2, 0.25) is 0 Å². The number of nitrogens with zero attached hydrogens (tertiary/aromatic N) is 3. The zero-order chi connectivity index (χ0) is 20.2. The lowest BCUT2D eigenvalue weighted by atomic mass is 10.0. The fourth-order valence-electron chi connectivity index (χ4n) is 3.76. The molecule has 0 bridgehead atoms. The number of benzene rings is 1. The summed E-state index contributed by atoms with van der Waals surface area (Å²) in [7, 11) is 1.79. The fourth-order valence-corrected chi connectivity index (χ4v) is 3.76. The first kappa shape index (κ1) is 18.4. The summed E-state index contributed by atoms with van der Waals surface area (Å²) >= 11 is 0. The standard InChI is InChI=1S/C20H23N5O3/c1-20(2,3)25-18(27)12-6-5-11(9-13(12)19(25)28)17(26)22-16-14-10-21-8-7-15(14)23-24(16)4/h5-6,9,21H,7-8,10H2,1-4H3,(H,22,26). The normalized spacial score (nSPS) is 16.2. The van der Waals surface area contributed by atoms with Crippen molar-refractivity contribution in [2.75, 3.05) is 11.9 Å². The van der Waals surface area contributed by atoms with Gasteiger partial charge in [-0.3, -0.25) is 24.0 Å². The van der Waals surface area contributed by atoms with Crippen LogP contribution in [-0.2, 0) is 20.0 Å². The van der Waals surface area contributed by atoms with E-state index in [0.717, 1.165) is 24.2 Å². The van der Waals surface area contributed by atoms with E-state index >= 15 is 0 Å². The minimum atomic E-state index is -0.629. The van der Waals surface area contributed by atoms with Crippen LogP contribution in [0, 0.1) is 0 Å². The Morgan fingerprint density at radius 1 is 1.18 bits per heavy atom. The molecule has 2 aliphatic heterocycles. The first-order valence-electron chi connectivity index (χ1n) is 9.28. The first-order chi connectivity index (χ1) is 13.2. The summed E-state index contributed by atoms with van der Waals surface area (Å²) in [5.41, 5.74) is 2.26. The second kappa shape index (κ2) is 6.27. The Kier molecular flexibility index (Phi) is 4.11. The van der Waals surface area contributed by atoms with Crippen LogP contribution in [0.25, 0.3) is 0 Å². The van der Waals surface area contributed by atoms with Crippen LogP contribution < -0.4 is 10.6 Å². The van der Waals surface area contributed by atoms with E-state index in [-0.39, 0.29) is 23.3 Å². The van der Waals surface area contributed by atoms with Crippen molar-refractivity contribution in [3.63, 3.8) is 0 Å². The number of anilines is 1. The van der Waals surface area contributed by atoms with Crippen molar-refractivity contribution < 1.29 is 14.4 Å². The van der Waals surface area contributed by atoms with Gasteiger partial charge in [0.15, 0.2) is 0 Å². The van der Waals surface area contributed by atoms with Crippen LogP contribution in [0.5, 0.6) is 0 Å². The van der Waals surface area contributed by atoms with E-state index in [0.29, 0.717) is 23.5 Å². The molecule has 4 rings (SSSR count). The summed E-state index contributed by atoms with van der Waals surface area (Å²) in [6.07, 6.45) is 0.817. The van der Waals surface area contributed by atoms with Gasteiger partial charge >= 0.3 is 0 Å². The second-order valence-electron chi connectivity index (χ2n) is 8.16. The van der Waals surface area contributed by atoms with Gasteiger partial charge < -0.3 is 10.6 Å². The number of carbonyl (C=O) groups is 3. The molecule has 1 aromatic carbocycles. The molecule has 2 aromatic rings. The van der Waals surface area contributed by atoms with Crippen molar-refractivity contribution in [1.82, 2.24) is 20.0 Å². The van der Waals surface area contributed by atoms with Crippen LogP contribution in [0.15, 0.2) is 18.2 Å². The molecule has 2 aliphatic rings. The molecule has 0 atom stereocenters. The molecular weight excluding hydrogens is 358 g/mol. The summed E-state index contributed by atoms with van der Waals surface area (Å²) in [5, 5.41) is 10.7. The Morgan fingerprint density at radius 3 is 2.61 bits per heavy atom. The van der Waals surface area contributed by atoms with E-state index in [1.807, 2.05) is 20.8 Å². The number of amides is 3. The van der Waals surface area contributed by atoms with Gasteiger partial charge in [0.05, 0.1) is 16.8 Å². The average Bonchev–Trinajstić information content (AvgIpc) is 3.08. The largest absolute Gasteiger partial charge is 0.312 e. The molecule has 8 heteroatoms. The summed E-state index contributed by atoms with van der Waals surface area (Å²) in [6, 6.07) is 4.63. The van der Waals surface area contributed by atoms with Crippen LogP contribution in [0.2, 0.25) is 0 Å². The van der Waals surface area contributed by atoms with Crippen molar-refractivity contribution in [2.45, 2.75) is 39.3 Å². The molecule has 0 aliphatic carbocycles. The molecule has 3 amide bonds. The smallest absolute Gasteiger partial charge is 0.262 e. The summed E-state index contributed by atoms with van der Waals surface area (Å²) in [5.74, 6) is -0.393. The third kappa shape index (κ3) is 2.80. The quantitative estimate of drug-likeness (QED) is 0.772. The monoisotopic (exact) mass is 381 g/mol. The zero-order valence-electron chi connectivity index (χ0n) is 16.4. The van der Waals surface area contributed by atoms with Gasteiger partial charge in [-0.2, -0.15) is 5.10 Å². The van der Waals surface area contributed by atoms with Gasteiger partial charge in [0, 0.05) is 43.2 Å². The maximum absolute atomic E-state index is 12.8. The van der Waals surface area contributed by atoms with Crippen molar-refractivity contribution in [1.29, 1.82) is 0 Å². The van der Waals surface area contributed by atoms with Crippen LogP contribution in [0.4, 0.5) is 5.82 Å². The number of nitrogens with one attached hydrogen (secondary N) is 2. The molecule has 0 saturated heterocycles. The van der Waals surface area contributed by atoms with E-state index < -0.39 is 5.54 Å². The Morgan fingerprint density at radius 2 is 1.89 bits per heavy atom. The first-order valence-corrected chi connectivity index (χ1v) is 9.28. The number of carbonyl (C=O) groups excluding carboxylic acids is 3. The topological polar surface area (TPSA) is 96.3 Å². The van der Waals surface area contributed by atoms with Crippen LogP contribution in [0.3, 0.4) is 0 Å². The summed E-state index contributed by atoms with van der Waals surface area (Å²) in [4.78, 5) is 39.4. The van der Waals surface area contributed by atoms with Gasteiger partial charge in [-0.25, -0.2) is 0 Å². The van der Waals surface area contributed by atoms with E-state index in [9.17, 15) is 14.4 Å². The molecule has 0 unspecified atom stereocenters. The van der Waals surface area contributed by atoms with Gasteiger partial charge in [0.25, 0.3) is 17.7 Å². The van der Waals surface area contributed by atoms with Crippen LogP contribution in [0.1, 0.15) is 63.1 Å². The van der Waals surface area contributed by atoms with Crippen molar-refractivity contribution in [3.05, 3.63) is 46.1 Å². The molecule has 2 N–H and O–H groups in total. The lowest BCUT2D eigenvalue weighted by Gasteiger charge is -2.29. The highest BCUT2D eigenvalue weighted by atomic mass is 16.2. The van der Waals surface area contributed by atoms with Crippen LogP contribution >= 0.6 is 0 Å². The summed E-state index contributed by atoms with van der Waals surface area (Å²) in [6.45, 7) is 6.94. The lowest BCUT2D eigenvalue weighted by molar-refractivity contribution is 0.0507. The fraction of sp³-hybridized carbons (Fsp3) is 0.400. The lowest BCUT2D eigenvalue weighted by Crippen LogP contribution is -2.45. The summed E-state index contributed by atoms with van der Waals surface area (Å²) < 4.78 is 1.67. The Balaban J connectivity index is 1.64. The SMILES string of the molecule is Cn1nc2c(c1NC(=O)c1ccc3c(c1)C(=O)N(C(C)(C)C)C3=O)CNCC2. The second-order valence-corrected chi connectivity index (χ2v) is 8.16. The molecule has 0 saturated carbocycles. The molecule has 8 nitrogen and oxygen atoms in total. The van der Waals surface area contributed by atoms with Gasteiger partial charge in [-0.05, 0) is 39.0 Å². The van der Waals surface area contributed by atoms with Gasteiger partial charge in [0.1, 0.15) is 5.82 Å². The minimum Gasteiger partial charge on any atom is -0.312 e. The molecule has 146 valence electrons. The van der Waals surface area contributed by atoms with E-state index in [1.54, 1.807) is 23.9 Å². The highest BCUT2D eigenvalue weighted by Crippen LogP contribution is 2.30. The third-order valence-electron chi connectivity index (χ3n) is 5.12. The van der Waals surface area contributed by atoms with Crippen molar-refractivity contribution in [3.8, 4) is 0 Å². The molecule has 28 heavy (non-hydrogen) atoms. The number of fused-ring (bicyclic) bond motifs is 2. The van der Waals surface area contributed by atoms with Gasteiger partial charge in [-0.1, -0.05) is 0 Å². The van der Waals surface area contributed by atoms with Gasteiger partial charge in [-0.15, -0.1) is 0 Å². The third-order valence-corrected chi connectivity index (χ3v) is 5.12. The molecule has 0 spiro atoms. The Hall–Kier alpha value is -3.00. The highest BCUT2D eigenvalue weighted by molar-refractivity contribution is 6.22. The average molecular weight is 381 g/mol. The Bertz CT molecular complexity index is 1020. The predicted molar refractivity (Wildman–Crippen MR) is 103 cm³/mol. The van der Waals surface area contributed by atoms with Crippen molar-refractivity contribution >= 4 is 23.5 Å². The molecule has 0 fully saturated rings. The molecule has 0 radical (unpaired) electrons. The minimum absolute atomic E-state index is 0.265. The molecule has 3 heterocycles. The number of aryl methyl sites for hydroxylation is 1. The molecule has 1 aromatic heterocycles. The number of imide groups is 1. The number of rotatable bonds is 2. The van der Waals surface area contributed by atoms with E-state index in [1.165, 1.54) is 11.0 Å². The van der Waals surface area contributed by atoms with E-state index in [2.05, 4.69) is 15.7 Å². The van der Waals surface area contributed by atoms with E-state index in [4.69, 9.17) is 0 Å². The zero-order valence-corrected chi connectivity index (χ0v) is 16.4.